The van der Waals surface area contributed by atoms with Crippen molar-refractivity contribution < 1.29 is 13.2 Å². The van der Waals surface area contributed by atoms with Gasteiger partial charge < -0.3 is 14.4 Å². The van der Waals surface area contributed by atoms with E-state index in [0.717, 1.165) is 34.3 Å². The number of halogens is 1. The Labute approximate surface area is 271 Å². The van der Waals surface area contributed by atoms with Crippen LogP contribution in [0.1, 0.15) is 40.4 Å². The van der Waals surface area contributed by atoms with Gasteiger partial charge in [-0.25, -0.2) is 8.42 Å². The molecule has 2 unspecified atom stereocenters. The van der Waals surface area contributed by atoms with E-state index in [0.29, 0.717) is 44.0 Å². The highest BCUT2D eigenvalue weighted by Gasteiger charge is 2.36. The molecule has 1 N–H and O–H groups in total. The lowest BCUT2D eigenvalue weighted by Crippen LogP contribution is -2.47. The summed E-state index contributed by atoms with van der Waals surface area (Å²) in [6, 6.07) is 27.4. The van der Waals surface area contributed by atoms with E-state index in [1.54, 1.807) is 47.4 Å². The average Bonchev–Trinajstić information content (AvgIpc) is 3.05. The topological polar surface area (TPSA) is 91.7 Å². The summed E-state index contributed by atoms with van der Waals surface area (Å²) in [5.74, 6) is 0.243. The Bertz CT molecular complexity index is 1960. The zero-order chi connectivity index (χ0) is 31.1. The maximum absolute atomic E-state index is 13.8. The minimum absolute atomic E-state index is 0.0184. The van der Waals surface area contributed by atoms with E-state index in [1.807, 2.05) is 41.0 Å². The first kappa shape index (κ1) is 29.6. The van der Waals surface area contributed by atoms with Crippen LogP contribution in [0.2, 0.25) is 0 Å². The fourth-order valence-electron chi connectivity index (χ4n) is 6.89. The number of nitrogens with zero attached hydrogens (tertiary/aromatic N) is 3. The van der Waals surface area contributed by atoms with Crippen LogP contribution in [0.5, 0.6) is 0 Å². The molecule has 230 valence electrons. The van der Waals surface area contributed by atoms with Crippen LogP contribution in [-0.4, -0.2) is 50.0 Å². The van der Waals surface area contributed by atoms with Crippen LogP contribution in [0.4, 0.5) is 11.4 Å². The van der Waals surface area contributed by atoms with Gasteiger partial charge in [0.15, 0.2) is 0 Å². The Hall–Kier alpha value is -4.15. The number of benzene rings is 3. The van der Waals surface area contributed by atoms with Gasteiger partial charge in [-0.2, -0.15) is 0 Å². The number of nitrogens with one attached hydrogen (secondary N) is 1. The normalized spacial score (nSPS) is 19.4. The molecule has 3 aliphatic rings. The number of piperidine rings is 1. The summed E-state index contributed by atoms with van der Waals surface area (Å²) in [6.07, 6.45) is 3.82. The molecule has 1 aromatic heterocycles. The largest absolute Gasteiger partial charge is 0.369 e. The molecule has 8 nitrogen and oxygen atoms in total. The molecule has 1 amide bonds. The van der Waals surface area contributed by atoms with Crippen molar-refractivity contribution in [3.05, 3.63) is 129 Å². The number of hydrogen-bond acceptors (Lipinski definition) is 5. The van der Waals surface area contributed by atoms with Gasteiger partial charge in [-0.1, -0.05) is 58.4 Å². The number of rotatable bonds is 6. The number of hydrogen-bond donors (Lipinski definition) is 1. The van der Waals surface area contributed by atoms with Crippen LogP contribution in [0.3, 0.4) is 0 Å². The van der Waals surface area contributed by atoms with Gasteiger partial charge in [-0.05, 0) is 78.4 Å². The molecule has 1 saturated heterocycles. The van der Waals surface area contributed by atoms with Gasteiger partial charge >= 0.3 is 0 Å². The Morgan fingerprint density at radius 3 is 2.44 bits per heavy atom. The summed E-state index contributed by atoms with van der Waals surface area (Å²) in [5.41, 5.74) is 4.93. The number of carbonyl (C=O) groups excluding carboxylic acids is 1. The second kappa shape index (κ2) is 12.0. The summed E-state index contributed by atoms with van der Waals surface area (Å²) in [6.45, 7) is 3.01. The molecule has 10 heteroatoms. The van der Waals surface area contributed by atoms with Gasteiger partial charge in [0.05, 0.1) is 16.3 Å². The maximum atomic E-state index is 13.8. The molecule has 0 radical (unpaired) electrons. The molecule has 0 saturated carbocycles. The smallest absolute Gasteiger partial charge is 0.261 e. The fraction of sp³-hybridized carbons (Fsp3) is 0.257. The third-order valence-electron chi connectivity index (χ3n) is 9.07. The highest BCUT2D eigenvalue weighted by atomic mass is 79.9. The van der Waals surface area contributed by atoms with Crippen LogP contribution in [0.25, 0.3) is 5.57 Å². The minimum atomic E-state index is -3.95. The molecule has 45 heavy (non-hydrogen) atoms. The lowest BCUT2D eigenvalue weighted by Gasteiger charge is -2.44. The molecule has 3 aliphatic heterocycles. The fourth-order valence-corrected chi connectivity index (χ4v) is 8.22. The monoisotopic (exact) mass is 684 g/mol. The molecule has 1 fully saturated rings. The maximum Gasteiger partial charge on any atom is 0.261 e. The molecular weight excluding hydrogens is 652 g/mol. The minimum Gasteiger partial charge on any atom is -0.369 e. The third kappa shape index (κ3) is 5.96. The van der Waals surface area contributed by atoms with Crippen LogP contribution in [-0.2, 0) is 16.6 Å². The van der Waals surface area contributed by atoms with Gasteiger partial charge in [-0.15, -0.1) is 0 Å². The average molecular weight is 686 g/mol. The molecule has 7 rings (SSSR count). The van der Waals surface area contributed by atoms with Gasteiger partial charge in [0.25, 0.3) is 21.5 Å². The van der Waals surface area contributed by atoms with E-state index >= 15 is 0 Å². The van der Waals surface area contributed by atoms with E-state index in [-0.39, 0.29) is 28.2 Å². The molecule has 4 aromatic rings. The lowest BCUT2D eigenvalue weighted by molar-refractivity contribution is 0.0773. The number of aromatic nitrogens is 1. The van der Waals surface area contributed by atoms with Crippen LogP contribution >= 0.6 is 15.9 Å². The molecular formula is C35H33BrN4O4S. The number of anilines is 2. The summed E-state index contributed by atoms with van der Waals surface area (Å²) in [5, 5.41) is 0. The predicted molar refractivity (Wildman–Crippen MR) is 180 cm³/mol. The second-order valence-corrected chi connectivity index (χ2v) is 14.6. The van der Waals surface area contributed by atoms with Gasteiger partial charge in [0.2, 0.25) is 0 Å². The van der Waals surface area contributed by atoms with Crippen molar-refractivity contribution in [1.29, 1.82) is 0 Å². The summed E-state index contributed by atoms with van der Waals surface area (Å²) >= 11 is 3.37. The van der Waals surface area contributed by atoms with Gasteiger partial charge in [-0.3, -0.25) is 14.3 Å². The Balaban J connectivity index is 1.20. The first-order valence-corrected chi connectivity index (χ1v) is 17.4. The van der Waals surface area contributed by atoms with Crippen LogP contribution in [0.15, 0.2) is 111 Å². The van der Waals surface area contributed by atoms with E-state index in [9.17, 15) is 18.0 Å². The molecule has 0 spiro atoms. The van der Waals surface area contributed by atoms with Crippen molar-refractivity contribution in [2.75, 3.05) is 35.8 Å². The molecule has 2 bridgehead atoms. The van der Waals surface area contributed by atoms with E-state index in [4.69, 9.17) is 0 Å². The standard InChI is InChI=1S/C35H33BrN4O4S/c36-29-10-12-30(13-11-29)45(43,44)37-31-20-27(35(42)38-17-15-26(16-18-38)25-5-2-1-3-6-25)9-14-33(31)39-21-24-19-28(23-39)32-7-4-8-34(41)40(32)22-24/h1-15,20,24,28,37H,16-19,21-23H2. The quantitative estimate of drug-likeness (QED) is 0.271. The summed E-state index contributed by atoms with van der Waals surface area (Å²) in [4.78, 5) is 30.4. The van der Waals surface area contributed by atoms with E-state index in [2.05, 4.69) is 43.8 Å². The van der Waals surface area contributed by atoms with Crippen molar-refractivity contribution in [1.82, 2.24) is 9.47 Å². The SMILES string of the molecule is O=C(c1ccc(N2CC3CC(C2)c2cccc(=O)n2C3)c(NS(=O)(=O)c2ccc(Br)cc2)c1)N1CC=C(c2ccccc2)CC1. The molecule has 0 aliphatic carbocycles. The Kier molecular flexibility index (Phi) is 7.87. The first-order chi connectivity index (χ1) is 21.7. The first-order valence-electron chi connectivity index (χ1n) is 15.2. The predicted octanol–water partition coefficient (Wildman–Crippen LogP) is 5.96. The zero-order valence-electron chi connectivity index (χ0n) is 24.6. The third-order valence-corrected chi connectivity index (χ3v) is 11.0. The number of carbonyl (C=O) groups is 1. The molecule has 3 aromatic carbocycles. The number of amides is 1. The van der Waals surface area contributed by atoms with Crippen molar-refractivity contribution >= 4 is 48.8 Å². The number of sulfonamides is 1. The van der Waals surface area contributed by atoms with Crippen molar-refractivity contribution in [2.24, 2.45) is 5.92 Å². The number of pyridine rings is 1. The van der Waals surface area contributed by atoms with Crippen LogP contribution < -0.4 is 15.2 Å². The van der Waals surface area contributed by atoms with Crippen molar-refractivity contribution in [2.45, 2.75) is 30.2 Å². The number of fused-ring (bicyclic) bond motifs is 4. The van der Waals surface area contributed by atoms with Gasteiger partial charge in [0.1, 0.15) is 0 Å². The Morgan fingerprint density at radius 2 is 1.69 bits per heavy atom. The highest BCUT2D eigenvalue weighted by Crippen LogP contribution is 2.40. The molecule has 2 atom stereocenters. The van der Waals surface area contributed by atoms with E-state index < -0.39 is 10.0 Å². The van der Waals surface area contributed by atoms with E-state index in [1.165, 1.54) is 5.57 Å². The van der Waals surface area contributed by atoms with Crippen LogP contribution in [0, 0.1) is 5.92 Å². The second-order valence-electron chi connectivity index (χ2n) is 12.0. The summed E-state index contributed by atoms with van der Waals surface area (Å²) < 4.78 is 32.7. The molecule has 4 heterocycles. The van der Waals surface area contributed by atoms with Crippen molar-refractivity contribution in [3.63, 3.8) is 0 Å². The van der Waals surface area contributed by atoms with Crippen molar-refractivity contribution in [3.8, 4) is 0 Å². The van der Waals surface area contributed by atoms with Gasteiger partial charge in [0, 0.05) is 60.4 Å². The highest BCUT2D eigenvalue weighted by molar-refractivity contribution is 9.10. The lowest BCUT2D eigenvalue weighted by atomic mass is 9.83. The zero-order valence-corrected chi connectivity index (χ0v) is 27.0. The Morgan fingerprint density at radius 1 is 0.889 bits per heavy atom. The summed E-state index contributed by atoms with van der Waals surface area (Å²) in [7, 11) is -3.95.